The lowest BCUT2D eigenvalue weighted by molar-refractivity contribution is -0.121. The summed E-state index contributed by atoms with van der Waals surface area (Å²) in [5.74, 6) is 0. The maximum atomic E-state index is 10.8. The molecule has 3 nitrogen and oxygen atoms in total. The highest BCUT2D eigenvalue weighted by Crippen LogP contribution is 2.19. The monoisotopic (exact) mass is 226 g/mol. The van der Waals surface area contributed by atoms with Crippen LogP contribution < -0.4 is 5.32 Å². The third-order valence-electron chi connectivity index (χ3n) is 2.60. The smallest absolute Gasteiger partial charge is 0.210 e. The normalized spacial score (nSPS) is 20.5. The van der Waals surface area contributed by atoms with Gasteiger partial charge in [0.05, 0.1) is 6.04 Å². The molecule has 82 valence electrons. The van der Waals surface area contributed by atoms with Gasteiger partial charge in [-0.05, 0) is 5.56 Å². The molecule has 1 atom stereocenters. The summed E-state index contributed by atoms with van der Waals surface area (Å²) in [4.78, 5) is 12.7. The van der Waals surface area contributed by atoms with Gasteiger partial charge >= 0.3 is 0 Å². The number of nitrogens with zero attached hydrogens (tertiary/aromatic N) is 1. The molecule has 1 fully saturated rings. The number of hydrogen-bond acceptors (Lipinski definition) is 2. The number of nitrogens with one attached hydrogen (secondary N) is 1. The molecule has 1 amide bonds. The Bertz CT molecular complexity index is 305. The van der Waals surface area contributed by atoms with Gasteiger partial charge in [-0.3, -0.25) is 4.79 Å². The fourth-order valence-corrected chi connectivity index (χ4v) is 1.83. The second-order valence-electron chi connectivity index (χ2n) is 3.47. The number of benzene rings is 1. The highest BCUT2D eigenvalue weighted by atomic mass is 35.5. The topological polar surface area (TPSA) is 32.3 Å². The Kier molecular flexibility index (Phi) is 4.59. The lowest BCUT2D eigenvalue weighted by Crippen LogP contribution is -2.45. The predicted octanol–water partition coefficient (Wildman–Crippen LogP) is 1.21. The first-order valence-corrected chi connectivity index (χ1v) is 4.88. The van der Waals surface area contributed by atoms with E-state index in [-0.39, 0.29) is 18.4 Å². The first-order valence-electron chi connectivity index (χ1n) is 4.88. The molecule has 0 radical (unpaired) electrons. The standard InChI is InChI=1S/C11H14N2O.ClH/c14-9-13-7-6-12-8-11(13)10-4-2-1-3-5-10;/h1-5,9,11-12H,6-8H2;1H. The summed E-state index contributed by atoms with van der Waals surface area (Å²) in [7, 11) is 0. The first kappa shape index (κ1) is 12.0. The molecule has 4 heteroatoms. The summed E-state index contributed by atoms with van der Waals surface area (Å²) < 4.78 is 0. The Morgan fingerprint density at radius 1 is 1.33 bits per heavy atom. The minimum absolute atomic E-state index is 0. The number of hydrogen-bond donors (Lipinski definition) is 1. The molecule has 0 bridgehead atoms. The fourth-order valence-electron chi connectivity index (χ4n) is 1.83. The van der Waals surface area contributed by atoms with Gasteiger partial charge in [-0.2, -0.15) is 0 Å². The molecule has 0 saturated carbocycles. The molecule has 1 heterocycles. The van der Waals surface area contributed by atoms with E-state index in [1.807, 2.05) is 23.1 Å². The Hall–Kier alpha value is -1.06. The molecule has 0 spiro atoms. The Morgan fingerprint density at radius 2 is 2.07 bits per heavy atom. The molecule has 1 aromatic rings. The van der Waals surface area contributed by atoms with Crippen LogP contribution >= 0.6 is 12.4 Å². The van der Waals surface area contributed by atoms with Crippen LogP contribution in [0.25, 0.3) is 0 Å². The van der Waals surface area contributed by atoms with Crippen molar-refractivity contribution in [2.75, 3.05) is 19.6 Å². The van der Waals surface area contributed by atoms with Crippen molar-refractivity contribution in [2.45, 2.75) is 6.04 Å². The van der Waals surface area contributed by atoms with E-state index in [9.17, 15) is 4.79 Å². The SMILES string of the molecule is Cl.O=CN1CCNCC1c1ccccc1. The zero-order valence-electron chi connectivity index (χ0n) is 8.43. The number of carbonyl (C=O) groups is 1. The van der Waals surface area contributed by atoms with Crippen LogP contribution in [0.4, 0.5) is 0 Å². The third kappa shape index (κ3) is 2.70. The van der Waals surface area contributed by atoms with Gasteiger partial charge in [-0.15, -0.1) is 12.4 Å². The minimum Gasteiger partial charge on any atom is -0.336 e. The van der Waals surface area contributed by atoms with Gasteiger partial charge < -0.3 is 10.2 Å². The molecule has 2 rings (SSSR count). The summed E-state index contributed by atoms with van der Waals surface area (Å²) in [5, 5.41) is 3.30. The number of piperazine rings is 1. The van der Waals surface area contributed by atoms with Gasteiger partial charge in [0.15, 0.2) is 0 Å². The zero-order valence-corrected chi connectivity index (χ0v) is 9.24. The largest absolute Gasteiger partial charge is 0.336 e. The number of halogens is 1. The highest BCUT2D eigenvalue weighted by molar-refractivity contribution is 5.85. The summed E-state index contributed by atoms with van der Waals surface area (Å²) >= 11 is 0. The van der Waals surface area contributed by atoms with Gasteiger partial charge in [-0.25, -0.2) is 0 Å². The molecule has 15 heavy (non-hydrogen) atoms. The molecule has 1 aliphatic rings. The second-order valence-corrected chi connectivity index (χ2v) is 3.47. The predicted molar refractivity (Wildman–Crippen MR) is 62.1 cm³/mol. The van der Waals surface area contributed by atoms with Crippen molar-refractivity contribution in [3.8, 4) is 0 Å². The molecule has 0 aromatic heterocycles. The highest BCUT2D eigenvalue weighted by Gasteiger charge is 2.21. The van der Waals surface area contributed by atoms with E-state index >= 15 is 0 Å². The number of carbonyl (C=O) groups excluding carboxylic acids is 1. The van der Waals surface area contributed by atoms with E-state index in [0.717, 1.165) is 26.0 Å². The Morgan fingerprint density at radius 3 is 2.73 bits per heavy atom. The van der Waals surface area contributed by atoms with Crippen LogP contribution in [0.2, 0.25) is 0 Å². The van der Waals surface area contributed by atoms with Gasteiger partial charge in [-0.1, -0.05) is 30.3 Å². The van der Waals surface area contributed by atoms with Crippen LogP contribution in [0.1, 0.15) is 11.6 Å². The lowest BCUT2D eigenvalue weighted by Gasteiger charge is -2.33. The van der Waals surface area contributed by atoms with Crippen LogP contribution in [-0.2, 0) is 4.79 Å². The van der Waals surface area contributed by atoms with E-state index in [4.69, 9.17) is 0 Å². The fraction of sp³-hybridized carbons (Fsp3) is 0.364. The van der Waals surface area contributed by atoms with Gasteiger partial charge in [0.25, 0.3) is 0 Å². The zero-order chi connectivity index (χ0) is 9.80. The van der Waals surface area contributed by atoms with Crippen LogP contribution in [-0.4, -0.2) is 30.9 Å². The maximum Gasteiger partial charge on any atom is 0.210 e. The van der Waals surface area contributed by atoms with Crippen LogP contribution in [0, 0.1) is 0 Å². The molecule has 1 aromatic carbocycles. The van der Waals surface area contributed by atoms with Crippen LogP contribution in [0.5, 0.6) is 0 Å². The quantitative estimate of drug-likeness (QED) is 0.769. The Labute approximate surface area is 95.9 Å². The molecule has 0 aliphatic carbocycles. The maximum absolute atomic E-state index is 10.8. The van der Waals surface area contributed by atoms with Crippen molar-refractivity contribution in [2.24, 2.45) is 0 Å². The molecule has 1 aliphatic heterocycles. The minimum atomic E-state index is 0. The van der Waals surface area contributed by atoms with E-state index in [2.05, 4.69) is 17.4 Å². The van der Waals surface area contributed by atoms with Crippen molar-refractivity contribution in [1.29, 1.82) is 0 Å². The average molecular weight is 227 g/mol. The summed E-state index contributed by atoms with van der Waals surface area (Å²) in [6.07, 6.45) is 0.943. The first-order chi connectivity index (χ1) is 6.92. The van der Waals surface area contributed by atoms with Crippen LogP contribution in [0.3, 0.4) is 0 Å². The summed E-state index contributed by atoms with van der Waals surface area (Å²) in [5.41, 5.74) is 1.20. The molecule has 1 unspecified atom stereocenters. The lowest BCUT2D eigenvalue weighted by atomic mass is 10.0. The van der Waals surface area contributed by atoms with E-state index in [1.54, 1.807) is 0 Å². The van der Waals surface area contributed by atoms with Gasteiger partial charge in [0.2, 0.25) is 6.41 Å². The molecular formula is C11H15ClN2O. The number of rotatable bonds is 2. The molecule has 1 saturated heterocycles. The summed E-state index contributed by atoms with van der Waals surface area (Å²) in [6.45, 7) is 2.54. The van der Waals surface area contributed by atoms with Crippen LogP contribution in [0.15, 0.2) is 30.3 Å². The third-order valence-corrected chi connectivity index (χ3v) is 2.60. The van der Waals surface area contributed by atoms with E-state index in [0.29, 0.717) is 0 Å². The van der Waals surface area contributed by atoms with Crippen molar-refractivity contribution >= 4 is 18.8 Å². The van der Waals surface area contributed by atoms with Crippen molar-refractivity contribution in [3.63, 3.8) is 0 Å². The van der Waals surface area contributed by atoms with E-state index < -0.39 is 0 Å². The van der Waals surface area contributed by atoms with Crippen molar-refractivity contribution in [1.82, 2.24) is 10.2 Å². The average Bonchev–Trinajstić information content (AvgIpc) is 2.30. The molecule has 1 N–H and O–H groups in total. The van der Waals surface area contributed by atoms with Gasteiger partial charge in [0.1, 0.15) is 0 Å². The summed E-state index contributed by atoms with van der Waals surface area (Å²) in [6, 6.07) is 10.3. The van der Waals surface area contributed by atoms with E-state index in [1.165, 1.54) is 5.56 Å². The number of amides is 1. The Balaban J connectivity index is 0.00000112. The second kappa shape index (κ2) is 5.73. The molecular weight excluding hydrogens is 212 g/mol. The van der Waals surface area contributed by atoms with Crippen molar-refractivity contribution in [3.05, 3.63) is 35.9 Å². The van der Waals surface area contributed by atoms with Crippen molar-refractivity contribution < 1.29 is 4.79 Å². The van der Waals surface area contributed by atoms with Gasteiger partial charge in [0, 0.05) is 19.6 Å².